The molecule has 2 rings (SSSR count). The Kier molecular flexibility index (Phi) is 4.91. The average Bonchev–Trinajstić information content (AvgIpc) is 2.45. The van der Waals surface area contributed by atoms with E-state index in [-0.39, 0.29) is 0 Å². The average molecular weight is 286 g/mol. The van der Waals surface area contributed by atoms with E-state index in [1.165, 1.54) is 12.1 Å². The Balaban J connectivity index is 2.00. The molecule has 1 aromatic rings. The first-order valence-electron chi connectivity index (χ1n) is 7.16. The summed E-state index contributed by atoms with van der Waals surface area (Å²) in [6.45, 7) is 4.90. The molecule has 2 nitrogen and oxygen atoms in total. The third kappa shape index (κ3) is 3.88. The number of piperidine rings is 1. The van der Waals surface area contributed by atoms with Crippen molar-refractivity contribution in [1.29, 1.82) is 0 Å². The topological polar surface area (TPSA) is 15.3 Å². The van der Waals surface area contributed by atoms with Gasteiger partial charge in [0.1, 0.15) is 0 Å². The van der Waals surface area contributed by atoms with Crippen molar-refractivity contribution >= 4 is 5.69 Å². The molecule has 1 aliphatic heterocycles. The maximum absolute atomic E-state index is 12.5. The number of rotatable bonds is 4. The van der Waals surface area contributed by atoms with Gasteiger partial charge in [-0.15, -0.1) is 0 Å². The van der Waals surface area contributed by atoms with E-state index in [4.69, 9.17) is 0 Å². The lowest BCUT2D eigenvalue weighted by Crippen LogP contribution is -2.46. The van der Waals surface area contributed by atoms with Crippen molar-refractivity contribution in [2.45, 2.75) is 38.4 Å². The highest BCUT2D eigenvalue weighted by atomic mass is 19.4. The number of alkyl halides is 3. The monoisotopic (exact) mass is 286 g/mol. The Morgan fingerprint density at radius 2 is 1.95 bits per heavy atom. The lowest BCUT2D eigenvalue weighted by Gasteiger charge is -2.35. The van der Waals surface area contributed by atoms with Gasteiger partial charge in [-0.2, -0.15) is 13.2 Å². The van der Waals surface area contributed by atoms with Gasteiger partial charge in [-0.05, 0) is 50.1 Å². The zero-order chi connectivity index (χ0) is 14.6. The highest BCUT2D eigenvalue weighted by Crippen LogP contribution is 2.31. The van der Waals surface area contributed by atoms with Crippen molar-refractivity contribution in [1.82, 2.24) is 5.32 Å². The van der Waals surface area contributed by atoms with E-state index in [1.54, 1.807) is 12.1 Å². The number of nitrogens with one attached hydrogen (secondary N) is 1. The lowest BCUT2D eigenvalue weighted by atomic mass is 10.0. The molecule has 0 aromatic heterocycles. The minimum atomic E-state index is -4.26. The van der Waals surface area contributed by atoms with Gasteiger partial charge in [-0.1, -0.05) is 6.92 Å². The molecule has 0 amide bonds. The van der Waals surface area contributed by atoms with E-state index in [2.05, 4.69) is 17.1 Å². The van der Waals surface area contributed by atoms with Gasteiger partial charge < -0.3 is 10.2 Å². The molecule has 5 heteroatoms. The Bertz CT molecular complexity index is 414. The summed E-state index contributed by atoms with van der Waals surface area (Å²) in [7, 11) is 0. The van der Waals surface area contributed by atoms with Crippen molar-refractivity contribution in [3.05, 3.63) is 29.8 Å². The quantitative estimate of drug-likeness (QED) is 0.908. The fourth-order valence-corrected chi connectivity index (χ4v) is 2.59. The summed E-state index contributed by atoms with van der Waals surface area (Å²) in [6.07, 6.45) is -0.956. The van der Waals surface area contributed by atoms with E-state index in [0.29, 0.717) is 6.04 Å². The molecule has 1 saturated heterocycles. The molecule has 1 N–H and O–H groups in total. The van der Waals surface area contributed by atoms with Crippen LogP contribution in [0.1, 0.15) is 31.7 Å². The molecule has 1 fully saturated rings. The first-order chi connectivity index (χ1) is 9.50. The van der Waals surface area contributed by atoms with Gasteiger partial charge in [0.2, 0.25) is 0 Å². The summed E-state index contributed by atoms with van der Waals surface area (Å²) in [6, 6.07) is 5.92. The molecule has 1 unspecified atom stereocenters. The number of anilines is 1. The fourth-order valence-electron chi connectivity index (χ4n) is 2.59. The summed E-state index contributed by atoms with van der Waals surface area (Å²) >= 11 is 0. The van der Waals surface area contributed by atoms with Gasteiger partial charge in [0.05, 0.1) is 5.56 Å². The van der Waals surface area contributed by atoms with E-state index in [1.807, 2.05) is 0 Å². The van der Waals surface area contributed by atoms with Crippen LogP contribution in [0.15, 0.2) is 24.3 Å². The molecular formula is C15H21F3N2. The summed E-state index contributed by atoms with van der Waals surface area (Å²) in [5, 5.41) is 3.48. The van der Waals surface area contributed by atoms with Crippen LogP contribution in [0.25, 0.3) is 0 Å². The Morgan fingerprint density at radius 3 is 2.55 bits per heavy atom. The number of benzene rings is 1. The molecule has 20 heavy (non-hydrogen) atoms. The van der Waals surface area contributed by atoms with Crippen molar-refractivity contribution in [3.8, 4) is 0 Å². The number of hydrogen-bond donors (Lipinski definition) is 1. The second kappa shape index (κ2) is 6.48. The largest absolute Gasteiger partial charge is 0.416 e. The Labute approximate surface area is 118 Å². The van der Waals surface area contributed by atoms with Gasteiger partial charge >= 0.3 is 6.18 Å². The summed E-state index contributed by atoms with van der Waals surface area (Å²) in [4.78, 5) is 2.16. The number of hydrogen-bond acceptors (Lipinski definition) is 2. The predicted molar refractivity (Wildman–Crippen MR) is 75.0 cm³/mol. The normalized spacial score (nSPS) is 20.2. The van der Waals surface area contributed by atoms with Crippen LogP contribution in [0, 0.1) is 0 Å². The van der Waals surface area contributed by atoms with Crippen molar-refractivity contribution in [3.63, 3.8) is 0 Å². The minimum Gasteiger partial charge on any atom is -0.370 e. The molecule has 0 saturated carbocycles. The maximum atomic E-state index is 12.5. The number of nitrogens with zero attached hydrogens (tertiary/aromatic N) is 1. The predicted octanol–water partition coefficient (Wildman–Crippen LogP) is 3.67. The first-order valence-corrected chi connectivity index (χ1v) is 7.16. The SMILES string of the molecule is CCCNC1CCCN(c2ccc(C(F)(F)F)cc2)C1. The Hall–Kier alpha value is -1.23. The highest BCUT2D eigenvalue weighted by Gasteiger charge is 2.30. The van der Waals surface area contributed by atoms with Crippen LogP contribution in [-0.4, -0.2) is 25.7 Å². The van der Waals surface area contributed by atoms with Crippen molar-refractivity contribution in [2.24, 2.45) is 0 Å². The number of halogens is 3. The summed E-state index contributed by atoms with van der Waals surface area (Å²) in [5.41, 5.74) is 0.292. The van der Waals surface area contributed by atoms with Crippen LogP contribution in [0.5, 0.6) is 0 Å². The zero-order valence-electron chi connectivity index (χ0n) is 11.7. The van der Waals surface area contributed by atoms with Gasteiger partial charge in [-0.3, -0.25) is 0 Å². The smallest absolute Gasteiger partial charge is 0.370 e. The van der Waals surface area contributed by atoms with Gasteiger partial charge in [0.25, 0.3) is 0 Å². The second-order valence-electron chi connectivity index (χ2n) is 5.28. The molecule has 1 atom stereocenters. The molecule has 1 aromatic carbocycles. The third-order valence-electron chi connectivity index (χ3n) is 3.66. The standard InChI is InChI=1S/C15H21F3N2/c1-2-9-19-13-4-3-10-20(11-13)14-7-5-12(6-8-14)15(16,17)18/h5-8,13,19H,2-4,9-11H2,1H3. The maximum Gasteiger partial charge on any atom is 0.416 e. The van der Waals surface area contributed by atoms with Crippen molar-refractivity contribution < 1.29 is 13.2 Å². The van der Waals surface area contributed by atoms with E-state index in [9.17, 15) is 13.2 Å². The van der Waals surface area contributed by atoms with E-state index < -0.39 is 11.7 Å². The van der Waals surface area contributed by atoms with Crippen LogP contribution in [0.2, 0.25) is 0 Å². The molecule has 112 valence electrons. The van der Waals surface area contributed by atoms with Gasteiger partial charge in [-0.25, -0.2) is 0 Å². The third-order valence-corrected chi connectivity index (χ3v) is 3.66. The second-order valence-corrected chi connectivity index (χ2v) is 5.28. The van der Waals surface area contributed by atoms with Crippen LogP contribution in [0.3, 0.4) is 0 Å². The van der Waals surface area contributed by atoms with Crippen LogP contribution < -0.4 is 10.2 Å². The lowest BCUT2D eigenvalue weighted by molar-refractivity contribution is -0.137. The summed E-state index contributed by atoms with van der Waals surface area (Å²) < 4.78 is 37.6. The van der Waals surface area contributed by atoms with E-state index >= 15 is 0 Å². The molecule has 1 aliphatic rings. The molecule has 0 bridgehead atoms. The van der Waals surface area contributed by atoms with Crippen molar-refractivity contribution in [2.75, 3.05) is 24.5 Å². The van der Waals surface area contributed by atoms with Crippen LogP contribution >= 0.6 is 0 Å². The minimum absolute atomic E-state index is 0.436. The first kappa shape index (κ1) is 15.2. The van der Waals surface area contributed by atoms with Gasteiger partial charge in [0, 0.05) is 24.8 Å². The molecule has 0 radical (unpaired) electrons. The summed E-state index contributed by atoms with van der Waals surface area (Å²) in [5.74, 6) is 0. The van der Waals surface area contributed by atoms with E-state index in [0.717, 1.165) is 44.6 Å². The zero-order valence-corrected chi connectivity index (χ0v) is 11.7. The Morgan fingerprint density at radius 1 is 1.25 bits per heavy atom. The van der Waals surface area contributed by atoms with Crippen LogP contribution in [-0.2, 0) is 6.18 Å². The molecule has 0 spiro atoms. The molecule has 1 heterocycles. The highest BCUT2D eigenvalue weighted by molar-refractivity contribution is 5.48. The fraction of sp³-hybridized carbons (Fsp3) is 0.600. The molecule has 0 aliphatic carbocycles. The molecular weight excluding hydrogens is 265 g/mol. The van der Waals surface area contributed by atoms with Crippen LogP contribution in [0.4, 0.5) is 18.9 Å². The van der Waals surface area contributed by atoms with Gasteiger partial charge in [0.15, 0.2) is 0 Å².